The highest BCUT2D eigenvalue weighted by atomic mass is 16.7. The molecule has 4 aliphatic rings. The molecule has 8 atom stereocenters. The molecule has 1 spiro atoms. The third-order valence-corrected chi connectivity index (χ3v) is 9.29. The fraction of sp³-hybridized carbons (Fsp3) is 0.562. The van der Waals surface area contributed by atoms with E-state index >= 15 is 0 Å². The van der Waals surface area contributed by atoms with Crippen LogP contribution >= 0.6 is 0 Å². The molecule has 8 unspecified atom stereocenters. The monoisotopic (exact) mass is 676 g/mol. The van der Waals surface area contributed by atoms with Crippen molar-refractivity contribution >= 4 is 11.9 Å². The maximum absolute atomic E-state index is 12.1. The quantitative estimate of drug-likeness (QED) is 0.0925. The topological polar surface area (TPSA) is 252 Å². The van der Waals surface area contributed by atoms with Crippen molar-refractivity contribution in [2.75, 3.05) is 20.3 Å². The van der Waals surface area contributed by atoms with Crippen LogP contribution in [0.2, 0.25) is 0 Å². The Balaban J connectivity index is 1.28. The summed E-state index contributed by atoms with van der Waals surface area (Å²) in [6, 6.07) is 8.74. The molecule has 6 rings (SSSR count). The first kappa shape index (κ1) is 34.0. The van der Waals surface area contributed by atoms with Crippen molar-refractivity contribution in [3.63, 3.8) is 0 Å². The lowest BCUT2D eigenvalue weighted by Gasteiger charge is -2.44. The van der Waals surface area contributed by atoms with Crippen LogP contribution in [-0.4, -0.2) is 106 Å². The van der Waals surface area contributed by atoms with Gasteiger partial charge in [0, 0.05) is 17.2 Å². The maximum Gasteiger partial charge on any atom is 0.317 e. The van der Waals surface area contributed by atoms with Crippen LogP contribution in [0.3, 0.4) is 0 Å². The molecule has 2 aromatic carbocycles. The average Bonchev–Trinajstić information content (AvgIpc) is 3.68. The minimum atomic E-state index is -1.84. The van der Waals surface area contributed by atoms with E-state index in [0.29, 0.717) is 23.0 Å². The fourth-order valence-corrected chi connectivity index (χ4v) is 7.17. The zero-order chi connectivity index (χ0) is 34.3. The van der Waals surface area contributed by atoms with Crippen LogP contribution in [0.5, 0.6) is 28.7 Å². The molecule has 2 fully saturated rings. The number of carboxylic acids is 1. The van der Waals surface area contributed by atoms with Gasteiger partial charge < -0.3 is 70.2 Å². The Morgan fingerprint density at radius 3 is 2.44 bits per heavy atom. The molecule has 1 saturated heterocycles. The van der Waals surface area contributed by atoms with E-state index in [1.165, 1.54) is 7.11 Å². The summed E-state index contributed by atoms with van der Waals surface area (Å²) in [6.07, 6.45) is -9.72. The second kappa shape index (κ2) is 13.5. The van der Waals surface area contributed by atoms with E-state index in [0.717, 1.165) is 36.8 Å². The van der Waals surface area contributed by atoms with Crippen molar-refractivity contribution in [2.45, 2.75) is 92.7 Å². The summed E-state index contributed by atoms with van der Waals surface area (Å²) in [5.74, 6) is -0.793. The standard InChI is InChI=1S/C32H40N2O14/c1-42-17-7-6-16-21-25(46-26(16)27(17)43-11-10-35)15-5-4-14(12-18(15)48-32(21)8-2-3-9-32)44-31-24(41)22(39)23(40)28(47-31)29(30(33)34)45-20(38)13-19(36)37/h4-7,12,21-25,28-31,35,39-41H,2-3,8-11,13,33-34H2,1H3,(H,36,37). The van der Waals surface area contributed by atoms with E-state index in [-0.39, 0.29) is 24.9 Å². The van der Waals surface area contributed by atoms with Crippen LogP contribution in [0.25, 0.3) is 0 Å². The molecule has 48 heavy (non-hydrogen) atoms. The summed E-state index contributed by atoms with van der Waals surface area (Å²) in [4.78, 5) is 23.0. The number of carbonyl (C=O) groups excluding carboxylic acids is 1. The van der Waals surface area contributed by atoms with Gasteiger partial charge in [-0.15, -0.1) is 0 Å². The van der Waals surface area contributed by atoms with Gasteiger partial charge in [-0.05, 0) is 43.9 Å². The van der Waals surface area contributed by atoms with Crippen molar-refractivity contribution in [3.8, 4) is 28.7 Å². The summed E-state index contributed by atoms with van der Waals surface area (Å²) in [6.45, 7) is -0.140. The molecule has 3 heterocycles. The third kappa shape index (κ3) is 6.09. The van der Waals surface area contributed by atoms with Crippen molar-refractivity contribution in [1.82, 2.24) is 0 Å². The molecule has 16 nitrogen and oxygen atoms in total. The lowest BCUT2D eigenvalue weighted by atomic mass is 9.74. The van der Waals surface area contributed by atoms with E-state index in [1.807, 2.05) is 12.1 Å². The average molecular weight is 677 g/mol. The van der Waals surface area contributed by atoms with Crippen LogP contribution in [0, 0.1) is 0 Å². The first-order valence-electron chi connectivity index (χ1n) is 15.7. The SMILES string of the molecule is COc1ccc2c(c1OCCO)OC1c3ccc(OC4OC(C(OC(=O)CC(=O)O)C(N)N)C(O)C(O)C4O)cc3OC3(CCCC3)C21. The number of fused-ring (bicyclic) bond motifs is 6. The number of ether oxygens (including phenoxy) is 7. The van der Waals surface area contributed by atoms with Crippen LogP contribution in [0.1, 0.15) is 55.3 Å². The number of aliphatic hydroxyl groups is 4. The van der Waals surface area contributed by atoms with Gasteiger partial charge in [-0.3, -0.25) is 9.59 Å². The first-order valence-corrected chi connectivity index (χ1v) is 15.7. The summed E-state index contributed by atoms with van der Waals surface area (Å²) < 4.78 is 41.6. The molecule has 0 radical (unpaired) electrons. The Morgan fingerprint density at radius 2 is 1.77 bits per heavy atom. The Morgan fingerprint density at radius 1 is 1.04 bits per heavy atom. The predicted molar refractivity (Wildman–Crippen MR) is 162 cm³/mol. The highest BCUT2D eigenvalue weighted by Crippen LogP contribution is 2.64. The number of esters is 1. The number of hydrogen-bond donors (Lipinski definition) is 7. The second-order valence-corrected chi connectivity index (χ2v) is 12.3. The number of aliphatic hydroxyl groups excluding tert-OH is 4. The van der Waals surface area contributed by atoms with Gasteiger partial charge in [0.25, 0.3) is 0 Å². The zero-order valence-electron chi connectivity index (χ0n) is 26.1. The van der Waals surface area contributed by atoms with Crippen molar-refractivity contribution in [1.29, 1.82) is 0 Å². The van der Waals surface area contributed by atoms with Gasteiger partial charge in [-0.1, -0.05) is 6.07 Å². The fourth-order valence-electron chi connectivity index (χ4n) is 7.17. The molecule has 3 aliphatic heterocycles. The number of methoxy groups -OCH3 is 1. The van der Waals surface area contributed by atoms with Gasteiger partial charge in [-0.2, -0.15) is 0 Å². The van der Waals surface area contributed by atoms with E-state index in [9.17, 15) is 30.0 Å². The van der Waals surface area contributed by atoms with E-state index in [1.54, 1.807) is 18.2 Å². The number of hydrogen-bond acceptors (Lipinski definition) is 15. The van der Waals surface area contributed by atoms with Gasteiger partial charge in [-0.25, -0.2) is 0 Å². The number of nitrogens with two attached hydrogens (primary N) is 2. The summed E-state index contributed by atoms with van der Waals surface area (Å²) in [5.41, 5.74) is 12.6. The molecule has 1 saturated carbocycles. The highest BCUT2D eigenvalue weighted by Gasteiger charge is 2.57. The predicted octanol–water partition coefficient (Wildman–Crippen LogP) is -0.195. The minimum absolute atomic E-state index is 0.0504. The number of aliphatic carboxylic acids is 1. The number of carbonyl (C=O) groups is 2. The lowest BCUT2D eigenvalue weighted by Crippen LogP contribution is -2.66. The largest absolute Gasteiger partial charge is 0.493 e. The number of rotatable bonds is 11. The van der Waals surface area contributed by atoms with Crippen LogP contribution in [0.15, 0.2) is 30.3 Å². The first-order chi connectivity index (χ1) is 23.0. The van der Waals surface area contributed by atoms with Gasteiger partial charge in [0.1, 0.15) is 60.6 Å². The molecule has 1 aliphatic carbocycles. The third-order valence-electron chi connectivity index (χ3n) is 9.29. The minimum Gasteiger partial charge on any atom is -0.493 e. The summed E-state index contributed by atoms with van der Waals surface area (Å²) >= 11 is 0. The Hall–Kier alpha value is -3.90. The Kier molecular flexibility index (Phi) is 9.59. The van der Waals surface area contributed by atoms with Gasteiger partial charge in [0.05, 0.1) is 25.8 Å². The molecule has 2 aromatic rings. The highest BCUT2D eigenvalue weighted by molar-refractivity contribution is 5.90. The molecule has 9 N–H and O–H groups in total. The smallest absolute Gasteiger partial charge is 0.317 e. The van der Waals surface area contributed by atoms with Crippen molar-refractivity contribution in [2.24, 2.45) is 11.5 Å². The van der Waals surface area contributed by atoms with E-state index in [4.69, 9.17) is 49.7 Å². The van der Waals surface area contributed by atoms with Gasteiger partial charge in [0.15, 0.2) is 17.6 Å². The molecule has 262 valence electrons. The second-order valence-electron chi connectivity index (χ2n) is 12.3. The Bertz CT molecular complexity index is 1510. The van der Waals surface area contributed by atoms with E-state index < -0.39 is 73.0 Å². The number of benzene rings is 2. The van der Waals surface area contributed by atoms with Crippen molar-refractivity contribution in [3.05, 3.63) is 41.5 Å². The zero-order valence-corrected chi connectivity index (χ0v) is 26.1. The van der Waals surface area contributed by atoms with E-state index in [2.05, 4.69) is 0 Å². The maximum atomic E-state index is 12.1. The molecular weight excluding hydrogens is 636 g/mol. The summed E-state index contributed by atoms with van der Waals surface area (Å²) in [7, 11) is 1.53. The molecule has 0 bridgehead atoms. The molecular formula is C32H40N2O14. The Labute approximate surface area is 275 Å². The molecule has 0 aromatic heterocycles. The van der Waals surface area contributed by atoms with Crippen LogP contribution in [-0.2, 0) is 19.1 Å². The van der Waals surface area contributed by atoms with Crippen LogP contribution < -0.4 is 35.2 Å². The molecule has 0 amide bonds. The van der Waals surface area contributed by atoms with Crippen molar-refractivity contribution < 1.29 is 68.3 Å². The lowest BCUT2D eigenvalue weighted by molar-refractivity contribution is -0.291. The van der Waals surface area contributed by atoms with Crippen LogP contribution in [0.4, 0.5) is 0 Å². The molecule has 16 heteroatoms. The van der Waals surface area contributed by atoms with Gasteiger partial charge >= 0.3 is 11.9 Å². The summed E-state index contributed by atoms with van der Waals surface area (Å²) in [5, 5.41) is 50.4. The number of carboxylic acid groups (broad SMARTS) is 1. The van der Waals surface area contributed by atoms with Gasteiger partial charge in [0.2, 0.25) is 12.0 Å². The normalized spacial score (nSPS) is 28.8.